The van der Waals surface area contributed by atoms with Crippen molar-refractivity contribution in [1.82, 2.24) is 4.90 Å². The summed E-state index contributed by atoms with van der Waals surface area (Å²) >= 11 is 0. The predicted molar refractivity (Wildman–Crippen MR) is 43.0 cm³/mol. The molecule has 1 aliphatic rings. The first-order valence-electron chi connectivity index (χ1n) is 3.84. The largest absolute Gasteiger partial charge is 0.369 e. The predicted octanol–water partition coefficient (Wildman–Crippen LogP) is -0.741. The Morgan fingerprint density at radius 3 is 1.83 bits per heavy atom. The number of likely N-dealkylation sites (tertiary alicyclic amines) is 1. The van der Waals surface area contributed by atoms with Crippen LogP contribution in [-0.2, 0) is 4.79 Å². The molecule has 0 aromatic carbocycles. The van der Waals surface area contributed by atoms with Crippen LogP contribution in [0.5, 0.6) is 0 Å². The monoisotopic (exact) mass is 171 g/mol. The molecule has 2 unspecified atom stereocenters. The fourth-order valence-electron chi connectivity index (χ4n) is 1.90. The average Bonchev–Trinajstić information content (AvgIpc) is 1.84. The Balaban J connectivity index is 2.68. The van der Waals surface area contributed by atoms with Gasteiger partial charge in [-0.1, -0.05) is 0 Å². The molecule has 0 aromatic heterocycles. The molecule has 3 amide bonds. The molecule has 0 aromatic rings. The topological polar surface area (TPSA) is 89.4 Å². The van der Waals surface area contributed by atoms with E-state index in [-0.39, 0.29) is 23.9 Å². The number of nitrogens with zero attached hydrogens (tertiary/aromatic N) is 1. The van der Waals surface area contributed by atoms with Gasteiger partial charge in [0, 0.05) is 12.1 Å². The van der Waals surface area contributed by atoms with Gasteiger partial charge in [-0.15, -0.1) is 0 Å². The van der Waals surface area contributed by atoms with Gasteiger partial charge in [-0.2, -0.15) is 0 Å². The second-order valence-corrected chi connectivity index (χ2v) is 3.15. The highest BCUT2D eigenvalue weighted by molar-refractivity contribution is 5.83. The van der Waals surface area contributed by atoms with Gasteiger partial charge < -0.3 is 16.4 Å². The first kappa shape index (κ1) is 8.83. The van der Waals surface area contributed by atoms with Crippen LogP contribution in [-0.4, -0.2) is 28.9 Å². The molecule has 0 radical (unpaired) electrons. The van der Waals surface area contributed by atoms with E-state index < -0.39 is 6.03 Å². The van der Waals surface area contributed by atoms with E-state index in [1.54, 1.807) is 13.8 Å². The molecule has 5 nitrogen and oxygen atoms in total. The number of carbonyl (C=O) groups is 2. The maximum Gasteiger partial charge on any atom is 0.315 e. The molecule has 0 bridgehead atoms. The number of urea groups is 1. The third-order valence-electron chi connectivity index (χ3n) is 2.50. The molecule has 1 heterocycles. The van der Waals surface area contributed by atoms with E-state index in [0.29, 0.717) is 0 Å². The minimum atomic E-state index is -0.493. The molecule has 1 rings (SSSR count). The molecule has 12 heavy (non-hydrogen) atoms. The first-order chi connectivity index (χ1) is 5.46. The Bertz CT molecular complexity index is 197. The quantitative estimate of drug-likeness (QED) is 0.544. The molecule has 0 spiro atoms. The molecular formula is C7H13N3O2. The Morgan fingerprint density at radius 1 is 1.17 bits per heavy atom. The van der Waals surface area contributed by atoms with Gasteiger partial charge in [-0.25, -0.2) is 4.79 Å². The Kier molecular flexibility index (Phi) is 1.95. The molecule has 0 saturated carbocycles. The van der Waals surface area contributed by atoms with Gasteiger partial charge >= 0.3 is 6.03 Å². The highest BCUT2D eigenvalue weighted by atomic mass is 16.2. The number of amides is 3. The minimum absolute atomic E-state index is 0.157. The average molecular weight is 171 g/mol. The summed E-state index contributed by atoms with van der Waals surface area (Å²) < 4.78 is 0. The lowest BCUT2D eigenvalue weighted by molar-refractivity contribution is -0.132. The van der Waals surface area contributed by atoms with Gasteiger partial charge in [0.25, 0.3) is 0 Å². The number of rotatable bonds is 1. The zero-order valence-corrected chi connectivity index (χ0v) is 7.15. The van der Waals surface area contributed by atoms with Crippen molar-refractivity contribution in [3.05, 3.63) is 0 Å². The maximum absolute atomic E-state index is 10.8. The first-order valence-corrected chi connectivity index (χ1v) is 3.84. The third-order valence-corrected chi connectivity index (χ3v) is 2.50. The second-order valence-electron chi connectivity index (χ2n) is 3.15. The molecular weight excluding hydrogens is 158 g/mol. The third kappa shape index (κ3) is 1.01. The number of hydrogen-bond acceptors (Lipinski definition) is 2. The zero-order chi connectivity index (χ0) is 9.46. The number of hydrogen-bond donors (Lipinski definition) is 2. The second kappa shape index (κ2) is 2.66. The van der Waals surface area contributed by atoms with Crippen molar-refractivity contribution in [2.24, 2.45) is 17.4 Å². The van der Waals surface area contributed by atoms with Crippen LogP contribution in [0.15, 0.2) is 0 Å². The summed E-state index contributed by atoms with van der Waals surface area (Å²) in [4.78, 5) is 23.0. The Morgan fingerprint density at radius 2 is 1.58 bits per heavy atom. The van der Waals surface area contributed by atoms with Crippen LogP contribution >= 0.6 is 0 Å². The van der Waals surface area contributed by atoms with Gasteiger partial charge in [0.1, 0.15) is 0 Å². The minimum Gasteiger partial charge on any atom is -0.369 e. The summed E-state index contributed by atoms with van der Waals surface area (Å²) in [6.45, 7) is 3.53. The number of nitrogens with two attached hydrogens (primary N) is 2. The summed E-state index contributed by atoms with van der Waals surface area (Å²) in [5.41, 5.74) is 10.2. The molecule has 2 atom stereocenters. The summed E-state index contributed by atoms with van der Waals surface area (Å²) in [5.74, 6) is -0.620. The zero-order valence-electron chi connectivity index (χ0n) is 7.15. The SMILES string of the molecule is CC1C(C(N)=O)C(C)N1C(N)=O. The highest BCUT2D eigenvalue weighted by Gasteiger charge is 2.48. The van der Waals surface area contributed by atoms with Crippen molar-refractivity contribution in [3.63, 3.8) is 0 Å². The normalized spacial score (nSPS) is 34.2. The van der Waals surface area contributed by atoms with Crippen molar-refractivity contribution >= 4 is 11.9 Å². The maximum atomic E-state index is 10.8. The van der Waals surface area contributed by atoms with Gasteiger partial charge in [-0.05, 0) is 13.8 Å². The standard InChI is InChI=1S/C7H13N3O2/c1-3-5(6(8)11)4(2)10(3)7(9)12/h3-5H,1-2H3,(H2,8,11)(H2,9,12). The molecule has 1 aliphatic heterocycles. The molecule has 4 N–H and O–H groups in total. The fraction of sp³-hybridized carbons (Fsp3) is 0.714. The van der Waals surface area contributed by atoms with Crippen LogP contribution in [0.2, 0.25) is 0 Å². The van der Waals surface area contributed by atoms with Crippen LogP contribution in [0.4, 0.5) is 4.79 Å². The van der Waals surface area contributed by atoms with E-state index in [2.05, 4.69) is 0 Å². The van der Waals surface area contributed by atoms with Crippen LogP contribution < -0.4 is 11.5 Å². The molecule has 1 saturated heterocycles. The number of primary amides is 2. The van der Waals surface area contributed by atoms with Crippen molar-refractivity contribution in [3.8, 4) is 0 Å². The molecule has 1 fully saturated rings. The van der Waals surface area contributed by atoms with Crippen LogP contribution in [0, 0.1) is 5.92 Å². The van der Waals surface area contributed by atoms with E-state index in [9.17, 15) is 9.59 Å². The van der Waals surface area contributed by atoms with E-state index in [1.807, 2.05) is 0 Å². The number of carbonyl (C=O) groups excluding carboxylic acids is 2. The lowest BCUT2D eigenvalue weighted by Crippen LogP contribution is -2.68. The Hall–Kier alpha value is -1.26. The highest BCUT2D eigenvalue weighted by Crippen LogP contribution is 2.31. The summed E-state index contributed by atoms with van der Waals surface area (Å²) in [5, 5.41) is 0. The summed E-state index contributed by atoms with van der Waals surface area (Å²) in [6.07, 6.45) is 0. The van der Waals surface area contributed by atoms with E-state index in [4.69, 9.17) is 11.5 Å². The van der Waals surface area contributed by atoms with Gasteiger partial charge in [0.2, 0.25) is 5.91 Å². The van der Waals surface area contributed by atoms with E-state index in [1.165, 1.54) is 4.90 Å². The summed E-state index contributed by atoms with van der Waals surface area (Å²) in [7, 11) is 0. The summed E-state index contributed by atoms with van der Waals surface area (Å²) in [6, 6.07) is -0.808. The van der Waals surface area contributed by atoms with Crippen molar-refractivity contribution in [2.45, 2.75) is 25.9 Å². The van der Waals surface area contributed by atoms with Gasteiger partial charge in [-0.3, -0.25) is 4.79 Å². The van der Waals surface area contributed by atoms with Crippen molar-refractivity contribution in [2.75, 3.05) is 0 Å². The van der Waals surface area contributed by atoms with E-state index in [0.717, 1.165) is 0 Å². The molecule has 5 heteroatoms. The lowest BCUT2D eigenvalue weighted by Gasteiger charge is -2.49. The van der Waals surface area contributed by atoms with Gasteiger partial charge in [0.05, 0.1) is 5.92 Å². The fourth-order valence-corrected chi connectivity index (χ4v) is 1.90. The Labute approximate surface area is 70.7 Å². The van der Waals surface area contributed by atoms with E-state index >= 15 is 0 Å². The van der Waals surface area contributed by atoms with Crippen molar-refractivity contribution < 1.29 is 9.59 Å². The smallest absolute Gasteiger partial charge is 0.315 e. The molecule has 68 valence electrons. The van der Waals surface area contributed by atoms with Crippen LogP contribution in [0.1, 0.15) is 13.8 Å². The van der Waals surface area contributed by atoms with Crippen LogP contribution in [0.25, 0.3) is 0 Å². The lowest BCUT2D eigenvalue weighted by atomic mass is 9.81. The van der Waals surface area contributed by atoms with Crippen LogP contribution in [0.3, 0.4) is 0 Å². The van der Waals surface area contributed by atoms with Crippen molar-refractivity contribution in [1.29, 1.82) is 0 Å². The molecule has 0 aliphatic carbocycles. The van der Waals surface area contributed by atoms with Gasteiger partial charge in [0.15, 0.2) is 0 Å².